The van der Waals surface area contributed by atoms with Gasteiger partial charge >= 0.3 is 12.1 Å². The lowest BCUT2D eigenvalue weighted by Crippen LogP contribution is -2.54. The molecule has 4 rings (SSSR count). The first kappa shape index (κ1) is 23.8. The fourth-order valence-corrected chi connectivity index (χ4v) is 4.83. The van der Waals surface area contributed by atoms with Crippen LogP contribution in [0, 0.1) is 5.92 Å². The Kier molecular flexibility index (Phi) is 6.61. The lowest BCUT2D eigenvalue weighted by molar-refractivity contribution is -0.145. The highest BCUT2D eigenvalue weighted by molar-refractivity contribution is 5.85. The van der Waals surface area contributed by atoms with Crippen LogP contribution in [0.25, 0.3) is 11.1 Å². The first-order chi connectivity index (χ1) is 16.2. The minimum absolute atomic E-state index is 0.0732. The molecule has 8 nitrogen and oxygen atoms in total. The molecule has 0 saturated heterocycles. The van der Waals surface area contributed by atoms with Crippen LogP contribution in [-0.4, -0.2) is 52.5 Å². The molecule has 4 N–H and O–H groups in total. The number of aliphatic hydroxyl groups excluding tert-OH is 1. The average Bonchev–Trinajstić information content (AvgIpc) is 3.60. The van der Waals surface area contributed by atoms with Crippen LogP contribution >= 0.6 is 0 Å². The number of rotatable bonds is 9. The number of fused-ring (bicyclic) bond motifs is 3. The number of carboxylic acid groups (broad SMARTS) is 1. The van der Waals surface area contributed by atoms with E-state index < -0.39 is 35.7 Å². The van der Waals surface area contributed by atoms with Gasteiger partial charge in [0.1, 0.15) is 6.61 Å². The maximum Gasteiger partial charge on any atom is 0.407 e. The van der Waals surface area contributed by atoms with Crippen molar-refractivity contribution in [3.05, 3.63) is 59.7 Å². The van der Waals surface area contributed by atoms with Gasteiger partial charge in [-0.15, -0.1) is 0 Å². The van der Waals surface area contributed by atoms with Crippen molar-refractivity contribution in [1.29, 1.82) is 0 Å². The zero-order chi connectivity index (χ0) is 24.5. The largest absolute Gasteiger partial charge is 0.480 e. The van der Waals surface area contributed by atoms with E-state index >= 15 is 0 Å². The summed E-state index contributed by atoms with van der Waals surface area (Å²) in [5.41, 5.74) is 3.61. The second kappa shape index (κ2) is 9.46. The second-order valence-electron chi connectivity index (χ2n) is 9.44. The number of alkyl carbamates (subject to hydrolysis) is 1. The summed E-state index contributed by atoms with van der Waals surface area (Å²) in [5.74, 6) is -1.85. The molecule has 0 aliphatic heterocycles. The Morgan fingerprint density at radius 2 is 1.62 bits per heavy atom. The van der Waals surface area contributed by atoms with Crippen molar-refractivity contribution >= 4 is 18.0 Å². The van der Waals surface area contributed by atoms with Crippen molar-refractivity contribution in [2.45, 2.75) is 56.7 Å². The predicted molar refractivity (Wildman–Crippen MR) is 125 cm³/mol. The van der Waals surface area contributed by atoms with Gasteiger partial charge in [0, 0.05) is 12.3 Å². The molecule has 0 heterocycles. The second-order valence-corrected chi connectivity index (χ2v) is 9.44. The van der Waals surface area contributed by atoms with E-state index in [9.17, 15) is 24.6 Å². The normalized spacial score (nSPS) is 18.1. The van der Waals surface area contributed by atoms with Crippen LogP contribution in [0.3, 0.4) is 0 Å². The summed E-state index contributed by atoms with van der Waals surface area (Å²) >= 11 is 0. The standard InChI is InChI=1S/C26H30N2O6/c1-15(29)23(24(31)32)27-22(30)13-26(2,16-11-12-16)28-25(33)34-14-21-19-9-5-3-7-17(19)18-8-4-6-10-20(18)21/h3-10,15-16,21,23,29H,11-14H2,1-2H3,(H,27,30)(H,28,33)(H,31,32). The zero-order valence-electron chi connectivity index (χ0n) is 19.3. The van der Waals surface area contributed by atoms with Gasteiger partial charge in [0.25, 0.3) is 0 Å². The molecule has 2 amide bonds. The molecule has 34 heavy (non-hydrogen) atoms. The summed E-state index contributed by atoms with van der Waals surface area (Å²) in [7, 11) is 0. The van der Waals surface area contributed by atoms with Crippen LogP contribution < -0.4 is 10.6 Å². The van der Waals surface area contributed by atoms with E-state index in [1.54, 1.807) is 6.92 Å². The molecule has 0 spiro atoms. The average molecular weight is 467 g/mol. The molecule has 2 aliphatic carbocycles. The van der Waals surface area contributed by atoms with E-state index in [1.165, 1.54) is 6.92 Å². The number of nitrogens with one attached hydrogen (secondary N) is 2. The third-order valence-electron chi connectivity index (χ3n) is 6.80. The Hall–Kier alpha value is -3.39. The molecule has 0 bridgehead atoms. The zero-order valence-corrected chi connectivity index (χ0v) is 19.3. The molecule has 8 heteroatoms. The highest BCUT2D eigenvalue weighted by atomic mass is 16.5. The van der Waals surface area contributed by atoms with E-state index in [1.807, 2.05) is 36.4 Å². The Bertz CT molecular complexity index is 1050. The van der Waals surface area contributed by atoms with Crippen LogP contribution in [-0.2, 0) is 14.3 Å². The van der Waals surface area contributed by atoms with Crippen LogP contribution in [0.5, 0.6) is 0 Å². The van der Waals surface area contributed by atoms with E-state index in [4.69, 9.17) is 4.74 Å². The topological polar surface area (TPSA) is 125 Å². The van der Waals surface area contributed by atoms with E-state index in [0.29, 0.717) is 0 Å². The molecule has 2 aliphatic rings. The van der Waals surface area contributed by atoms with Gasteiger partial charge in [-0.25, -0.2) is 9.59 Å². The fraction of sp³-hybridized carbons (Fsp3) is 0.423. The summed E-state index contributed by atoms with van der Waals surface area (Å²) in [6.07, 6.45) is -0.269. The monoisotopic (exact) mass is 466 g/mol. The van der Waals surface area contributed by atoms with Gasteiger partial charge in [0.15, 0.2) is 6.04 Å². The van der Waals surface area contributed by atoms with Crippen molar-refractivity contribution in [3.63, 3.8) is 0 Å². The molecule has 180 valence electrons. The van der Waals surface area contributed by atoms with Gasteiger partial charge in [0.05, 0.1) is 11.6 Å². The summed E-state index contributed by atoms with van der Waals surface area (Å²) in [6, 6.07) is 14.7. The summed E-state index contributed by atoms with van der Waals surface area (Å²) in [5, 5.41) is 24.0. The number of aliphatic hydroxyl groups is 1. The maximum absolute atomic E-state index is 12.8. The number of hydrogen-bond acceptors (Lipinski definition) is 5. The Labute approximate surface area is 198 Å². The summed E-state index contributed by atoms with van der Waals surface area (Å²) in [6.45, 7) is 3.23. The summed E-state index contributed by atoms with van der Waals surface area (Å²) < 4.78 is 5.64. The van der Waals surface area contributed by atoms with Crippen LogP contribution in [0.2, 0.25) is 0 Å². The summed E-state index contributed by atoms with van der Waals surface area (Å²) in [4.78, 5) is 36.6. The number of hydrogen-bond donors (Lipinski definition) is 4. The molecular formula is C26H30N2O6. The lowest BCUT2D eigenvalue weighted by Gasteiger charge is -2.31. The van der Waals surface area contributed by atoms with Gasteiger partial charge in [-0.1, -0.05) is 48.5 Å². The Balaban J connectivity index is 1.40. The van der Waals surface area contributed by atoms with Gasteiger partial charge < -0.3 is 25.6 Å². The smallest absolute Gasteiger partial charge is 0.407 e. The fourth-order valence-electron chi connectivity index (χ4n) is 4.83. The number of carbonyl (C=O) groups excluding carboxylic acids is 2. The SMILES string of the molecule is CC(O)C(NC(=O)CC(C)(NC(=O)OCC1c2ccccc2-c2ccccc21)C1CC1)C(=O)O. The Morgan fingerprint density at radius 1 is 1.06 bits per heavy atom. The van der Waals surface area contributed by atoms with Gasteiger partial charge in [0.2, 0.25) is 5.91 Å². The number of carbonyl (C=O) groups is 3. The predicted octanol–water partition coefficient (Wildman–Crippen LogP) is 3.03. The number of benzene rings is 2. The Morgan fingerprint density at radius 3 is 2.12 bits per heavy atom. The third kappa shape index (κ3) is 4.92. The molecule has 2 aromatic carbocycles. The van der Waals surface area contributed by atoms with Crippen LogP contribution in [0.15, 0.2) is 48.5 Å². The van der Waals surface area contributed by atoms with Gasteiger partial charge in [-0.05, 0) is 54.9 Å². The molecule has 1 fully saturated rings. The van der Waals surface area contributed by atoms with E-state index in [0.717, 1.165) is 35.1 Å². The lowest BCUT2D eigenvalue weighted by atomic mass is 9.91. The number of ether oxygens (including phenoxy) is 1. The van der Waals surface area contributed by atoms with Crippen molar-refractivity contribution in [1.82, 2.24) is 10.6 Å². The van der Waals surface area contributed by atoms with Crippen LogP contribution in [0.4, 0.5) is 4.79 Å². The molecule has 3 atom stereocenters. The van der Waals surface area contributed by atoms with Crippen molar-refractivity contribution in [2.75, 3.05) is 6.61 Å². The maximum atomic E-state index is 12.8. The minimum atomic E-state index is -1.41. The number of carboxylic acids is 1. The van der Waals surface area contributed by atoms with E-state index in [2.05, 4.69) is 22.8 Å². The highest BCUT2D eigenvalue weighted by Crippen LogP contribution is 2.45. The highest BCUT2D eigenvalue weighted by Gasteiger charge is 2.45. The number of amides is 2. The van der Waals surface area contributed by atoms with Gasteiger partial charge in [-0.2, -0.15) is 0 Å². The van der Waals surface area contributed by atoms with Crippen molar-refractivity contribution in [2.24, 2.45) is 5.92 Å². The molecular weight excluding hydrogens is 436 g/mol. The van der Waals surface area contributed by atoms with Crippen molar-refractivity contribution < 1.29 is 29.3 Å². The van der Waals surface area contributed by atoms with Crippen molar-refractivity contribution in [3.8, 4) is 11.1 Å². The quantitative estimate of drug-likeness (QED) is 0.450. The third-order valence-corrected chi connectivity index (χ3v) is 6.80. The van der Waals surface area contributed by atoms with Gasteiger partial charge in [-0.3, -0.25) is 4.79 Å². The first-order valence-electron chi connectivity index (χ1n) is 11.5. The minimum Gasteiger partial charge on any atom is -0.480 e. The first-order valence-corrected chi connectivity index (χ1v) is 11.5. The molecule has 3 unspecified atom stereocenters. The molecule has 0 radical (unpaired) electrons. The van der Waals surface area contributed by atoms with Crippen LogP contribution in [0.1, 0.15) is 50.2 Å². The molecule has 1 saturated carbocycles. The van der Waals surface area contributed by atoms with E-state index in [-0.39, 0.29) is 24.9 Å². The number of aliphatic carboxylic acids is 1. The molecule has 0 aromatic heterocycles. The molecule has 2 aromatic rings.